The molecule has 1 aromatic rings. The molecule has 1 unspecified atom stereocenters. The number of rotatable bonds is 2. The lowest BCUT2D eigenvalue weighted by molar-refractivity contribution is 0.0948. The summed E-state index contributed by atoms with van der Waals surface area (Å²) in [5.74, 6) is 0.882. The Morgan fingerprint density at radius 2 is 1.88 bits per heavy atom. The summed E-state index contributed by atoms with van der Waals surface area (Å²) in [6, 6.07) is 3.11. The Morgan fingerprint density at radius 1 is 1.25 bits per heavy atom. The van der Waals surface area contributed by atoms with E-state index in [9.17, 15) is 9.18 Å². The minimum Gasteiger partial charge on any atom is -0.493 e. The predicted molar refractivity (Wildman–Crippen MR) is 57.0 cm³/mol. The first kappa shape index (κ1) is 10.9. The number of benzene rings is 1. The molecule has 1 aliphatic carbocycles. The minimum atomic E-state index is -1.09. The van der Waals surface area contributed by atoms with Crippen LogP contribution in [-0.4, -0.2) is 20.0 Å². The van der Waals surface area contributed by atoms with Gasteiger partial charge < -0.3 is 9.47 Å². The van der Waals surface area contributed by atoms with Gasteiger partial charge in [0.05, 0.1) is 14.2 Å². The molecule has 0 N–H and O–H groups in total. The van der Waals surface area contributed by atoms with Gasteiger partial charge in [-0.15, -0.1) is 0 Å². The smallest absolute Gasteiger partial charge is 0.163 e. The lowest BCUT2D eigenvalue weighted by atomic mass is 9.89. The average molecular weight is 224 g/mol. The first-order chi connectivity index (χ1) is 7.67. The number of methoxy groups -OCH3 is 2. The summed E-state index contributed by atoms with van der Waals surface area (Å²) >= 11 is 0. The van der Waals surface area contributed by atoms with Crippen molar-refractivity contribution in [3.8, 4) is 11.5 Å². The van der Waals surface area contributed by atoms with Gasteiger partial charge in [0.2, 0.25) is 0 Å². The Balaban J connectivity index is 2.58. The number of ketones is 1. The normalized spacial score (nSPS) is 19.2. The Hall–Kier alpha value is -1.58. The van der Waals surface area contributed by atoms with Crippen LogP contribution in [-0.2, 0) is 0 Å². The number of ether oxygens (including phenoxy) is 2. The van der Waals surface area contributed by atoms with Crippen LogP contribution >= 0.6 is 0 Å². The van der Waals surface area contributed by atoms with Crippen molar-refractivity contribution in [2.75, 3.05) is 14.2 Å². The monoisotopic (exact) mass is 224 g/mol. The zero-order valence-corrected chi connectivity index (χ0v) is 9.25. The summed E-state index contributed by atoms with van der Waals surface area (Å²) in [7, 11) is 2.98. The van der Waals surface area contributed by atoms with Gasteiger partial charge in [-0.05, 0) is 18.6 Å². The van der Waals surface area contributed by atoms with Crippen molar-refractivity contribution in [1.29, 1.82) is 0 Å². The molecule has 16 heavy (non-hydrogen) atoms. The van der Waals surface area contributed by atoms with Gasteiger partial charge in [-0.25, -0.2) is 4.39 Å². The zero-order valence-electron chi connectivity index (χ0n) is 9.25. The van der Waals surface area contributed by atoms with Gasteiger partial charge in [0.25, 0.3) is 0 Å². The number of carbonyl (C=O) groups excluding carboxylic acids is 1. The van der Waals surface area contributed by atoms with Crippen LogP contribution in [0.15, 0.2) is 12.1 Å². The highest BCUT2D eigenvalue weighted by Gasteiger charge is 2.27. The minimum absolute atomic E-state index is 0.0372. The number of Topliss-reactive ketones (excluding diaryl/α,β-unsaturated/α-hetero) is 1. The van der Waals surface area contributed by atoms with Crippen molar-refractivity contribution < 1.29 is 18.7 Å². The first-order valence-electron chi connectivity index (χ1n) is 5.10. The zero-order chi connectivity index (χ0) is 11.7. The molecule has 0 heterocycles. The van der Waals surface area contributed by atoms with Gasteiger partial charge in [-0.1, -0.05) is 0 Å². The summed E-state index contributed by atoms with van der Waals surface area (Å²) < 4.78 is 23.8. The fourth-order valence-corrected chi connectivity index (χ4v) is 1.94. The molecule has 0 amide bonds. The van der Waals surface area contributed by atoms with Gasteiger partial charge in [-0.2, -0.15) is 0 Å². The van der Waals surface area contributed by atoms with E-state index in [1.54, 1.807) is 12.1 Å². The van der Waals surface area contributed by atoms with E-state index in [0.29, 0.717) is 22.6 Å². The van der Waals surface area contributed by atoms with Gasteiger partial charge in [0.1, 0.15) is 6.17 Å². The van der Waals surface area contributed by atoms with Crippen molar-refractivity contribution in [3.05, 3.63) is 23.3 Å². The Kier molecular flexibility index (Phi) is 2.81. The number of halogens is 1. The average Bonchev–Trinajstić information content (AvgIpc) is 2.32. The molecule has 0 bridgehead atoms. The second-order valence-electron chi connectivity index (χ2n) is 3.72. The molecule has 0 saturated heterocycles. The largest absolute Gasteiger partial charge is 0.493 e. The Labute approximate surface area is 93.2 Å². The number of fused-ring (bicyclic) bond motifs is 1. The van der Waals surface area contributed by atoms with Crippen molar-refractivity contribution in [2.24, 2.45) is 0 Å². The van der Waals surface area contributed by atoms with Crippen LogP contribution in [0.2, 0.25) is 0 Å². The lowest BCUT2D eigenvalue weighted by Gasteiger charge is -2.20. The van der Waals surface area contributed by atoms with E-state index in [-0.39, 0.29) is 18.6 Å². The van der Waals surface area contributed by atoms with E-state index in [2.05, 4.69) is 0 Å². The summed E-state index contributed by atoms with van der Waals surface area (Å²) in [5, 5.41) is 0. The van der Waals surface area contributed by atoms with Gasteiger partial charge in [0.15, 0.2) is 17.3 Å². The van der Waals surface area contributed by atoms with E-state index in [1.807, 2.05) is 0 Å². The third-order valence-electron chi connectivity index (χ3n) is 2.82. The molecule has 1 atom stereocenters. The van der Waals surface area contributed by atoms with Crippen LogP contribution in [0.25, 0.3) is 0 Å². The van der Waals surface area contributed by atoms with Crippen LogP contribution < -0.4 is 9.47 Å². The Bertz CT molecular complexity index is 429. The van der Waals surface area contributed by atoms with Gasteiger partial charge >= 0.3 is 0 Å². The summed E-state index contributed by atoms with van der Waals surface area (Å²) in [6.45, 7) is 0. The van der Waals surface area contributed by atoms with E-state index in [4.69, 9.17) is 9.47 Å². The molecule has 0 fully saturated rings. The molecule has 0 aliphatic heterocycles. The molecule has 0 aromatic heterocycles. The third-order valence-corrected chi connectivity index (χ3v) is 2.82. The quantitative estimate of drug-likeness (QED) is 0.774. The van der Waals surface area contributed by atoms with Crippen molar-refractivity contribution in [1.82, 2.24) is 0 Å². The van der Waals surface area contributed by atoms with E-state index < -0.39 is 6.17 Å². The number of hydrogen-bond donors (Lipinski definition) is 0. The molecule has 1 aromatic carbocycles. The third kappa shape index (κ3) is 1.64. The van der Waals surface area contributed by atoms with Crippen molar-refractivity contribution >= 4 is 5.78 Å². The topological polar surface area (TPSA) is 35.5 Å². The van der Waals surface area contributed by atoms with E-state index >= 15 is 0 Å². The van der Waals surface area contributed by atoms with Crippen LogP contribution in [0.5, 0.6) is 11.5 Å². The molecule has 86 valence electrons. The standard InChI is InChI=1S/C12H13FO3/c1-15-11-5-7-8(6-12(11)16-2)10(14)4-3-9(7)13/h5-6,9H,3-4H2,1-2H3. The highest BCUT2D eigenvalue weighted by molar-refractivity contribution is 5.99. The summed E-state index contributed by atoms with van der Waals surface area (Å²) in [5.41, 5.74) is 0.824. The maximum atomic E-state index is 13.7. The fraction of sp³-hybridized carbons (Fsp3) is 0.417. The molecule has 3 nitrogen and oxygen atoms in total. The number of hydrogen-bond acceptors (Lipinski definition) is 3. The van der Waals surface area contributed by atoms with E-state index in [1.165, 1.54) is 14.2 Å². The first-order valence-corrected chi connectivity index (χ1v) is 5.10. The molecule has 0 spiro atoms. The van der Waals surface area contributed by atoms with Gasteiger partial charge in [-0.3, -0.25) is 4.79 Å². The second kappa shape index (κ2) is 4.12. The predicted octanol–water partition coefficient (Wildman–Crippen LogP) is 2.69. The summed E-state index contributed by atoms with van der Waals surface area (Å²) in [4.78, 5) is 11.6. The van der Waals surface area contributed by atoms with Crippen LogP contribution in [0.1, 0.15) is 34.9 Å². The summed E-state index contributed by atoms with van der Waals surface area (Å²) in [6.07, 6.45) is -0.585. The molecule has 2 rings (SSSR count). The SMILES string of the molecule is COc1cc2c(cc1OC)C(F)CCC2=O. The van der Waals surface area contributed by atoms with Gasteiger partial charge in [0, 0.05) is 17.5 Å². The number of carbonyl (C=O) groups is 1. The molecule has 1 aliphatic rings. The van der Waals surface area contributed by atoms with Crippen LogP contribution in [0.3, 0.4) is 0 Å². The maximum Gasteiger partial charge on any atom is 0.163 e. The molecular formula is C12H13FO3. The van der Waals surface area contributed by atoms with Crippen molar-refractivity contribution in [3.63, 3.8) is 0 Å². The van der Waals surface area contributed by atoms with E-state index in [0.717, 1.165) is 0 Å². The van der Waals surface area contributed by atoms with Crippen LogP contribution in [0.4, 0.5) is 4.39 Å². The molecule has 4 heteroatoms. The van der Waals surface area contributed by atoms with Crippen molar-refractivity contribution in [2.45, 2.75) is 19.0 Å². The molecular weight excluding hydrogens is 211 g/mol. The highest BCUT2D eigenvalue weighted by atomic mass is 19.1. The molecule has 0 radical (unpaired) electrons. The maximum absolute atomic E-state index is 13.7. The number of alkyl halides is 1. The highest BCUT2D eigenvalue weighted by Crippen LogP contribution is 2.39. The second-order valence-corrected chi connectivity index (χ2v) is 3.72. The molecule has 0 saturated carbocycles. The lowest BCUT2D eigenvalue weighted by Crippen LogP contribution is -2.13. The fourth-order valence-electron chi connectivity index (χ4n) is 1.94. The van der Waals surface area contributed by atoms with Crippen LogP contribution in [0, 0.1) is 0 Å². The Morgan fingerprint density at radius 3 is 2.50 bits per heavy atom.